The van der Waals surface area contributed by atoms with E-state index in [9.17, 15) is 13.2 Å². The number of hydrogen-bond acceptors (Lipinski definition) is 4. The first-order valence-corrected chi connectivity index (χ1v) is 12.7. The minimum atomic E-state index is -4.02. The van der Waals surface area contributed by atoms with Crippen LogP contribution in [0.15, 0.2) is 59.5 Å². The molecule has 0 radical (unpaired) electrons. The number of anilines is 2. The molecule has 0 spiro atoms. The molecule has 0 bridgehead atoms. The van der Waals surface area contributed by atoms with Crippen LogP contribution in [0.3, 0.4) is 0 Å². The van der Waals surface area contributed by atoms with Gasteiger partial charge in [-0.15, -0.1) is 0 Å². The molecule has 0 heterocycles. The maximum Gasteiger partial charge on any atom is 0.265 e. The molecule has 0 aliphatic carbocycles. The van der Waals surface area contributed by atoms with Crippen molar-refractivity contribution in [2.24, 2.45) is 0 Å². The van der Waals surface area contributed by atoms with Crippen molar-refractivity contribution in [2.75, 3.05) is 22.8 Å². The van der Waals surface area contributed by atoms with Gasteiger partial charge in [-0.05, 0) is 94.1 Å². The Labute approximate surface area is 202 Å². The number of sulfonamides is 1. The summed E-state index contributed by atoms with van der Waals surface area (Å²) in [5.74, 6) is 0.265. The number of carbonyl (C=O) groups is 1. The van der Waals surface area contributed by atoms with Crippen LogP contribution in [-0.2, 0) is 14.8 Å². The fourth-order valence-corrected chi connectivity index (χ4v) is 6.02. The number of benzene rings is 3. The van der Waals surface area contributed by atoms with E-state index in [0.29, 0.717) is 34.9 Å². The first-order valence-electron chi connectivity index (χ1n) is 11.2. The summed E-state index contributed by atoms with van der Waals surface area (Å²) in [5.41, 5.74) is 5.10. The molecule has 0 aromatic heterocycles. The number of amides is 1. The lowest BCUT2D eigenvalue weighted by Gasteiger charge is -2.28. The zero-order chi connectivity index (χ0) is 25.0. The number of carbonyl (C=O) groups excluding carboxylic acids is 1. The fraction of sp³-hybridized carbons (Fsp3) is 0.296. The van der Waals surface area contributed by atoms with E-state index >= 15 is 0 Å². The second kappa shape index (κ2) is 10.3. The Morgan fingerprint density at radius 1 is 0.912 bits per heavy atom. The zero-order valence-corrected chi connectivity index (χ0v) is 21.4. The number of aryl methyl sites for hydroxylation is 4. The van der Waals surface area contributed by atoms with Crippen LogP contribution >= 0.6 is 0 Å². The van der Waals surface area contributed by atoms with Crippen molar-refractivity contribution in [3.63, 3.8) is 0 Å². The lowest BCUT2D eigenvalue weighted by atomic mass is 10.1. The maximum atomic E-state index is 14.0. The Balaban J connectivity index is 2.01. The molecular weight excluding hydrogens is 448 g/mol. The molecule has 0 unspecified atom stereocenters. The van der Waals surface area contributed by atoms with Gasteiger partial charge >= 0.3 is 0 Å². The molecule has 3 aromatic carbocycles. The third-order valence-electron chi connectivity index (χ3n) is 5.73. The predicted molar refractivity (Wildman–Crippen MR) is 137 cm³/mol. The normalized spacial score (nSPS) is 11.2. The minimum absolute atomic E-state index is 0.230. The standard InChI is InChI=1S/C27H32N2O4S/c1-7-33-24-13-11-23(12-14-24)28-26(30)17-29(25-10-8-9-19(3)22(25)6)34(31,32)27-20(4)15-18(2)16-21(27)5/h8-16H,7,17H2,1-6H3,(H,28,30). The van der Waals surface area contributed by atoms with Crippen molar-refractivity contribution in [3.05, 3.63) is 82.4 Å². The Morgan fingerprint density at radius 2 is 1.53 bits per heavy atom. The van der Waals surface area contributed by atoms with E-state index in [4.69, 9.17) is 4.74 Å². The molecule has 180 valence electrons. The molecule has 0 aliphatic heterocycles. The monoisotopic (exact) mass is 480 g/mol. The Hall–Kier alpha value is -3.32. The van der Waals surface area contributed by atoms with E-state index in [0.717, 1.165) is 16.7 Å². The van der Waals surface area contributed by atoms with Gasteiger partial charge in [0, 0.05) is 5.69 Å². The minimum Gasteiger partial charge on any atom is -0.494 e. The smallest absolute Gasteiger partial charge is 0.265 e. The van der Waals surface area contributed by atoms with Gasteiger partial charge in [0.1, 0.15) is 12.3 Å². The van der Waals surface area contributed by atoms with Crippen LogP contribution in [0.4, 0.5) is 11.4 Å². The Kier molecular flexibility index (Phi) is 7.67. The highest BCUT2D eigenvalue weighted by Gasteiger charge is 2.31. The molecule has 0 fully saturated rings. The number of nitrogens with one attached hydrogen (secondary N) is 1. The average Bonchev–Trinajstić information content (AvgIpc) is 2.75. The van der Waals surface area contributed by atoms with Crippen LogP contribution in [0.2, 0.25) is 0 Å². The second-order valence-corrected chi connectivity index (χ2v) is 10.3. The Bertz CT molecular complexity index is 1280. The molecule has 34 heavy (non-hydrogen) atoms. The third kappa shape index (κ3) is 5.42. The quantitative estimate of drug-likeness (QED) is 0.464. The summed E-state index contributed by atoms with van der Waals surface area (Å²) in [5, 5.41) is 2.81. The van der Waals surface area contributed by atoms with Gasteiger partial charge in [-0.2, -0.15) is 0 Å². The van der Waals surface area contributed by atoms with Gasteiger partial charge in [-0.1, -0.05) is 29.8 Å². The van der Waals surface area contributed by atoms with E-state index in [1.54, 1.807) is 50.2 Å². The van der Waals surface area contributed by atoms with Crippen LogP contribution in [0.5, 0.6) is 5.75 Å². The molecule has 0 atom stereocenters. The maximum absolute atomic E-state index is 14.0. The number of hydrogen-bond donors (Lipinski definition) is 1. The van der Waals surface area contributed by atoms with Gasteiger partial charge in [-0.25, -0.2) is 8.42 Å². The van der Waals surface area contributed by atoms with Gasteiger partial charge in [-0.3, -0.25) is 9.10 Å². The number of ether oxygens (including phenoxy) is 1. The second-order valence-electron chi connectivity index (χ2n) is 8.46. The van der Waals surface area contributed by atoms with Crippen molar-refractivity contribution >= 4 is 27.3 Å². The first-order chi connectivity index (χ1) is 16.0. The van der Waals surface area contributed by atoms with Crippen molar-refractivity contribution in [1.29, 1.82) is 0 Å². The fourth-order valence-electron chi connectivity index (χ4n) is 4.12. The van der Waals surface area contributed by atoms with Crippen LogP contribution in [-0.4, -0.2) is 27.5 Å². The zero-order valence-electron chi connectivity index (χ0n) is 20.6. The van der Waals surface area contributed by atoms with Crippen molar-refractivity contribution < 1.29 is 17.9 Å². The molecule has 7 heteroatoms. The average molecular weight is 481 g/mol. The summed E-state index contributed by atoms with van der Waals surface area (Å²) in [6, 6.07) is 16.1. The molecule has 3 rings (SSSR count). The molecule has 3 aromatic rings. The lowest BCUT2D eigenvalue weighted by Crippen LogP contribution is -2.39. The van der Waals surface area contributed by atoms with Crippen LogP contribution in [0.25, 0.3) is 0 Å². The predicted octanol–water partition coefficient (Wildman–Crippen LogP) is 5.46. The van der Waals surface area contributed by atoms with Gasteiger partial charge in [0.2, 0.25) is 5.91 Å². The molecule has 1 amide bonds. The largest absolute Gasteiger partial charge is 0.494 e. The van der Waals surface area contributed by atoms with Crippen LogP contribution < -0.4 is 14.4 Å². The summed E-state index contributed by atoms with van der Waals surface area (Å²) >= 11 is 0. The summed E-state index contributed by atoms with van der Waals surface area (Å²) in [6.45, 7) is 11.4. The van der Waals surface area contributed by atoms with E-state index < -0.39 is 15.9 Å². The molecule has 1 N–H and O–H groups in total. The van der Waals surface area contributed by atoms with E-state index in [2.05, 4.69) is 5.32 Å². The number of rotatable bonds is 8. The third-order valence-corrected chi connectivity index (χ3v) is 7.80. The van der Waals surface area contributed by atoms with E-state index in [1.165, 1.54) is 4.31 Å². The SMILES string of the molecule is CCOc1ccc(NC(=O)CN(c2cccc(C)c2C)S(=O)(=O)c2c(C)cc(C)cc2C)cc1. The highest BCUT2D eigenvalue weighted by atomic mass is 32.2. The van der Waals surface area contributed by atoms with Crippen molar-refractivity contribution in [3.8, 4) is 5.75 Å². The number of nitrogens with zero attached hydrogens (tertiary/aromatic N) is 1. The summed E-state index contributed by atoms with van der Waals surface area (Å²) in [7, 11) is -4.02. The Morgan fingerprint density at radius 3 is 2.12 bits per heavy atom. The highest BCUT2D eigenvalue weighted by Crippen LogP contribution is 2.32. The molecule has 6 nitrogen and oxygen atoms in total. The van der Waals surface area contributed by atoms with E-state index in [1.807, 2.05) is 45.9 Å². The summed E-state index contributed by atoms with van der Waals surface area (Å²) < 4.78 is 34.6. The highest BCUT2D eigenvalue weighted by molar-refractivity contribution is 7.93. The van der Waals surface area contributed by atoms with Gasteiger partial charge < -0.3 is 10.1 Å². The van der Waals surface area contributed by atoms with Gasteiger partial charge in [0.15, 0.2) is 0 Å². The molecule has 0 saturated carbocycles. The first kappa shape index (κ1) is 25.3. The van der Waals surface area contributed by atoms with Gasteiger partial charge in [0.05, 0.1) is 17.2 Å². The van der Waals surface area contributed by atoms with Crippen molar-refractivity contribution in [1.82, 2.24) is 0 Å². The van der Waals surface area contributed by atoms with Gasteiger partial charge in [0.25, 0.3) is 10.0 Å². The topological polar surface area (TPSA) is 75.7 Å². The summed E-state index contributed by atoms with van der Waals surface area (Å²) in [6.07, 6.45) is 0. The van der Waals surface area contributed by atoms with Crippen LogP contribution in [0, 0.1) is 34.6 Å². The molecule has 0 aliphatic rings. The van der Waals surface area contributed by atoms with Crippen LogP contribution in [0.1, 0.15) is 34.7 Å². The summed E-state index contributed by atoms with van der Waals surface area (Å²) in [4.78, 5) is 13.3. The van der Waals surface area contributed by atoms with E-state index in [-0.39, 0.29) is 11.4 Å². The molecule has 0 saturated heterocycles. The molecular formula is C27H32N2O4S. The lowest BCUT2D eigenvalue weighted by molar-refractivity contribution is -0.114. The van der Waals surface area contributed by atoms with Crippen molar-refractivity contribution in [2.45, 2.75) is 46.4 Å².